The smallest absolute Gasteiger partial charge is 0.261 e. The van der Waals surface area contributed by atoms with Crippen molar-refractivity contribution in [1.82, 2.24) is 15.1 Å². The minimum absolute atomic E-state index is 0.0785. The van der Waals surface area contributed by atoms with Gasteiger partial charge in [-0.05, 0) is 37.1 Å². The number of amides is 1. The molecule has 130 valence electrons. The van der Waals surface area contributed by atoms with Crippen molar-refractivity contribution < 1.29 is 4.79 Å². The van der Waals surface area contributed by atoms with E-state index in [9.17, 15) is 4.79 Å². The third-order valence-corrected chi connectivity index (χ3v) is 5.15. The van der Waals surface area contributed by atoms with E-state index in [1.807, 2.05) is 60.1 Å². The molecule has 1 atom stereocenters. The van der Waals surface area contributed by atoms with Crippen LogP contribution in [0.3, 0.4) is 0 Å². The molecule has 0 aliphatic rings. The Labute approximate surface area is 151 Å². The fraction of sp³-hybridized carbons (Fsp3) is 0.263. The van der Waals surface area contributed by atoms with Crippen LogP contribution in [0.4, 0.5) is 0 Å². The van der Waals surface area contributed by atoms with Gasteiger partial charge >= 0.3 is 0 Å². The molecule has 1 amide bonds. The molecule has 2 heterocycles. The zero-order chi connectivity index (χ0) is 17.6. The maximum atomic E-state index is 12.6. The number of aryl methyl sites for hydroxylation is 1. The lowest BCUT2D eigenvalue weighted by Gasteiger charge is -2.16. The van der Waals surface area contributed by atoms with Gasteiger partial charge < -0.3 is 11.1 Å². The summed E-state index contributed by atoms with van der Waals surface area (Å²) in [5.41, 5.74) is 8.04. The number of nitrogens with zero attached hydrogens (tertiary/aromatic N) is 2. The van der Waals surface area contributed by atoms with Crippen LogP contribution in [-0.4, -0.2) is 28.3 Å². The van der Waals surface area contributed by atoms with Crippen molar-refractivity contribution in [2.75, 3.05) is 6.54 Å². The minimum Gasteiger partial charge on any atom is -0.347 e. The number of rotatable bonds is 7. The lowest BCUT2D eigenvalue weighted by molar-refractivity contribution is 0.0942. The van der Waals surface area contributed by atoms with Crippen molar-refractivity contribution in [3.05, 3.63) is 65.2 Å². The molecule has 2 aromatic heterocycles. The van der Waals surface area contributed by atoms with Crippen molar-refractivity contribution >= 4 is 17.2 Å². The molecule has 1 unspecified atom stereocenters. The third kappa shape index (κ3) is 4.15. The number of carbonyl (C=O) groups excluding carboxylic acids is 1. The first-order valence-corrected chi connectivity index (χ1v) is 9.19. The highest BCUT2D eigenvalue weighted by Gasteiger charge is 2.16. The fourth-order valence-electron chi connectivity index (χ4n) is 2.74. The quantitative estimate of drug-likeness (QED) is 0.685. The number of thiophene rings is 1. The highest BCUT2D eigenvalue weighted by atomic mass is 32.1. The first-order valence-electron chi connectivity index (χ1n) is 8.38. The first-order chi connectivity index (χ1) is 12.2. The van der Waals surface area contributed by atoms with Crippen LogP contribution < -0.4 is 11.1 Å². The molecule has 5 nitrogen and oxygen atoms in total. The molecule has 3 N–H and O–H groups in total. The Hall–Kier alpha value is -2.44. The molecule has 0 saturated heterocycles. The molecule has 0 saturated carbocycles. The number of hydrogen-bond acceptors (Lipinski definition) is 4. The molecule has 3 rings (SSSR count). The van der Waals surface area contributed by atoms with Gasteiger partial charge in [0.25, 0.3) is 5.91 Å². The van der Waals surface area contributed by atoms with E-state index < -0.39 is 0 Å². The zero-order valence-corrected chi connectivity index (χ0v) is 15.0. The molecule has 1 aromatic carbocycles. The second kappa shape index (κ2) is 8.09. The Morgan fingerprint density at radius 3 is 2.76 bits per heavy atom. The molecule has 0 fully saturated rings. The van der Waals surface area contributed by atoms with Crippen LogP contribution >= 0.6 is 11.3 Å². The molecule has 0 radical (unpaired) electrons. The summed E-state index contributed by atoms with van der Waals surface area (Å²) in [7, 11) is 0. The Kier molecular flexibility index (Phi) is 5.63. The monoisotopic (exact) mass is 354 g/mol. The lowest BCUT2D eigenvalue weighted by atomic mass is 10.1. The second-order valence-corrected chi connectivity index (χ2v) is 6.88. The van der Waals surface area contributed by atoms with E-state index in [-0.39, 0.29) is 11.9 Å². The third-order valence-electron chi connectivity index (χ3n) is 4.04. The van der Waals surface area contributed by atoms with E-state index in [1.165, 1.54) is 11.3 Å². The van der Waals surface area contributed by atoms with Crippen LogP contribution in [0.2, 0.25) is 0 Å². The largest absolute Gasteiger partial charge is 0.347 e. The number of hydrogen-bond donors (Lipinski definition) is 2. The predicted molar refractivity (Wildman–Crippen MR) is 102 cm³/mol. The van der Waals surface area contributed by atoms with Crippen molar-refractivity contribution in [2.24, 2.45) is 5.73 Å². The number of nitrogens with one attached hydrogen (secondary N) is 1. The van der Waals surface area contributed by atoms with E-state index in [1.54, 1.807) is 6.20 Å². The van der Waals surface area contributed by atoms with Crippen LogP contribution in [0.1, 0.15) is 22.2 Å². The summed E-state index contributed by atoms with van der Waals surface area (Å²) in [5, 5.41) is 7.32. The van der Waals surface area contributed by atoms with Crippen molar-refractivity contribution in [2.45, 2.75) is 25.9 Å². The zero-order valence-electron chi connectivity index (χ0n) is 14.2. The van der Waals surface area contributed by atoms with Gasteiger partial charge in [-0.25, -0.2) is 0 Å². The normalized spacial score (nSPS) is 12.1. The fourth-order valence-corrected chi connectivity index (χ4v) is 3.68. The van der Waals surface area contributed by atoms with Gasteiger partial charge in [-0.2, -0.15) is 5.10 Å². The number of carbonyl (C=O) groups is 1. The standard InChI is InChI=1S/C19H22N4OS/c1-2-23-16(10-11-21-23)17-8-9-18(25-17)19(24)22-15(13-20)12-14-6-4-3-5-7-14/h3-11,15H,2,12-13,20H2,1H3,(H,22,24). The van der Waals surface area contributed by atoms with Gasteiger partial charge in [0.15, 0.2) is 0 Å². The number of benzene rings is 1. The molecule has 25 heavy (non-hydrogen) atoms. The molecule has 6 heteroatoms. The first kappa shape index (κ1) is 17.4. The summed E-state index contributed by atoms with van der Waals surface area (Å²) in [4.78, 5) is 14.3. The van der Waals surface area contributed by atoms with Gasteiger partial charge in [0.1, 0.15) is 0 Å². The van der Waals surface area contributed by atoms with Gasteiger partial charge in [-0.15, -0.1) is 11.3 Å². The van der Waals surface area contributed by atoms with E-state index in [4.69, 9.17) is 5.73 Å². The maximum Gasteiger partial charge on any atom is 0.261 e. The molecule has 0 aliphatic carbocycles. The van der Waals surface area contributed by atoms with E-state index in [0.29, 0.717) is 11.4 Å². The molecule has 0 bridgehead atoms. The summed E-state index contributed by atoms with van der Waals surface area (Å²) in [6.07, 6.45) is 2.51. The van der Waals surface area contributed by atoms with Crippen LogP contribution in [0.15, 0.2) is 54.7 Å². The molecule has 0 spiro atoms. The molecular formula is C19H22N4OS. The minimum atomic E-state index is -0.0818. The Morgan fingerprint density at radius 2 is 2.04 bits per heavy atom. The Morgan fingerprint density at radius 1 is 1.24 bits per heavy atom. The van der Waals surface area contributed by atoms with Crippen LogP contribution in [0.5, 0.6) is 0 Å². The average molecular weight is 354 g/mol. The number of nitrogens with two attached hydrogens (primary N) is 1. The Bertz CT molecular complexity index is 825. The van der Waals surface area contributed by atoms with Gasteiger partial charge in [-0.3, -0.25) is 9.48 Å². The van der Waals surface area contributed by atoms with Gasteiger partial charge in [0, 0.05) is 25.3 Å². The second-order valence-electron chi connectivity index (χ2n) is 5.79. The van der Waals surface area contributed by atoms with Gasteiger partial charge in [0.2, 0.25) is 0 Å². The molecule has 0 aliphatic heterocycles. The molecular weight excluding hydrogens is 332 g/mol. The van der Waals surface area contributed by atoms with Crippen LogP contribution in [0.25, 0.3) is 10.6 Å². The lowest BCUT2D eigenvalue weighted by Crippen LogP contribution is -2.41. The Balaban J connectivity index is 1.68. The maximum absolute atomic E-state index is 12.6. The number of aromatic nitrogens is 2. The predicted octanol–water partition coefficient (Wildman–Crippen LogP) is 2.93. The topological polar surface area (TPSA) is 72.9 Å². The van der Waals surface area contributed by atoms with Crippen LogP contribution in [0, 0.1) is 0 Å². The van der Waals surface area contributed by atoms with Crippen molar-refractivity contribution in [1.29, 1.82) is 0 Å². The van der Waals surface area contributed by atoms with Crippen LogP contribution in [-0.2, 0) is 13.0 Å². The van der Waals surface area contributed by atoms with Gasteiger partial charge in [-0.1, -0.05) is 30.3 Å². The summed E-state index contributed by atoms with van der Waals surface area (Å²) >= 11 is 1.47. The van der Waals surface area contributed by atoms with E-state index in [0.717, 1.165) is 29.1 Å². The average Bonchev–Trinajstić information content (AvgIpc) is 3.30. The SMILES string of the molecule is CCn1nccc1-c1ccc(C(=O)NC(CN)Cc2ccccc2)s1. The summed E-state index contributed by atoms with van der Waals surface area (Å²) in [5.74, 6) is -0.0785. The van der Waals surface area contributed by atoms with Crippen molar-refractivity contribution in [3.63, 3.8) is 0 Å². The highest BCUT2D eigenvalue weighted by Crippen LogP contribution is 2.28. The van der Waals surface area contributed by atoms with Gasteiger partial charge in [0.05, 0.1) is 15.4 Å². The summed E-state index contributed by atoms with van der Waals surface area (Å²) in [6.45, 7) is 3.25. The highest BCUT2D eigenvalue weighted by molar-refractivity contribution is 7.17. The summed E-state index contributed by atoms with van der Waals surface area (Å²) < 4.78 is 1.92. The summed E-state index contributed by atoms with van der Waals surface area (Å²) in [6, 6.07) is 15.8. The van der Waals surface area contributed by atoms with Crippen molar-refractivity contribution in [3.8, 4) is 10.6 Å². The van der Waals surface area contributed by atoms with E-state index in [2.05, 4.69) is 10.4 Å². The molecule has 3 aromatic rings. The van der Waals surface area contributed by atoms with E-state index >= 15 is 0 Å².